The smallest absolute Gasteiger partial charge is 0.166 e. The Hall–Kier alpha value is -1.53. The van der Waals surface area contributed by atoms with Crippen LogP contribution in [-0.4, -0.2) is 49.9 Å². The van der Waals surface area contributed by atoms with Crippen molar-refractivity contribution in [2.75, 3.05) is 33.8 Å². The van der Waals surface area contributed by atoms with Gasteiger partial charge in [0.25, 0.3) is 0 Å². The molecule has 2 rings (SSSR count). The number of ether oxygens (including phenoxy) is 2. The second kappa shape index (κ2) is 8.36. The van der Waals surface area contributed by atoms with E-state index in [1.165, 1.54) is 5.56 Å². The lowest BCUT2D eigenvalue weighted by atomic mass is 10.1. The summed E-state index contributed by atoms with van der Waals surface area (Å²) in [5, 5.41) is 7.10. The zero-order valence-electron chi connectivity index (χ0n) is 14.4. The molecule has 1 aliphatic rings. The van der Waals surface area contributed by atoms with Crippen LogP contribution in [0.3, 0.4) is 0 Å². The SMILES string of the molecule is CCOc1cc2c(cc1CNC(=S)NCCN(C)C)O[C@H](C)C2. The summed E-state index contributed by atoms with van der Waals surface area (Å²) >= 11 is 5.32. The van der Waals surface area contributed by atoms with Crippen molar-refractivity contribution in [2.45, 2.75) is 32.9 Å². The number of nitrogens with zero attached hydrogens (tertiary/aromatic N) is 1. The van der Waals surface area contributed by atoms with Gasteiger partial charge in [-0.3, -0.25) is 0 Å². The molecule has 0 aromatic heterocycles. The third-order valence-electron chi connectivity index (χ3n) is 3.66. The summed E-state index contributed by atoms with van der Waals surface area (Å²) in [5.74, 6) is 1.87. The van der Waals surface area contributed by atoms with E-state index in [1.54, 1.807) is 0 Å². The molecular formula is C17H27N3O2S. The van der Waals surface area contributed by atoms with Crippen LogP contribution in [-0.2, 0) is 13.0 Å². The molecule has 0 unspecified atom stereocenters. The first kappa shape index (κ1) is 17.8. The minimum Gasteiger partial charge on any atom is -0.494 e. The Kier molecular flexibility index (Phi) is 6.47. The fourth-order valence-corrected chi connectivity index (χ4v) is 2.71. The molecule has 128 valence electrons. The molecule has 0 aliphatic carbocycles. The van der Waals surface area contributed by atoms with E-state index in [1.807, 2.05) is 21.0 Å². The molecule has 1 atom stereocenters. The van der Waals surface area contributed by atoms with Crippen molar-refractivity contribution in [1.29, 1.82) is 0 Å². The Bertz CT molecular complexity index is 549. The Morgan fingerprint density at radius 2 is 2.17 bits per heavy atom. The summed E-state index contributed by atoms with van der Waals surface area (Å²) in [6.45, 7) is 7.11. The topological polar surface area (TPSA) is 45.8 Å². The van der Waals surface area contributed by atoms with Crippen LogP contribution < -0.4 is 20.1 Å². The van der Waals surface area contributed by atoms with Crippen LogP contribution in [0, 0.1) is 0 Å². The monoisotopic (exact) mass is 337 g/mol. The molecule has 1 aromatic carbocycles. The average molecular weight is 337 g/mol. The minimum atomic E-state index is 0.233. The van der Waals surface area contributed by atoms with E-state index < -0.39 is 0 Å². The van der Waals surface area contributed by atoms with Gasteiger partial charge in [0.05, 0.1) is 6.61 Å². The third-order valence-corrected chi connectivity index (χ3v) is 3.95. The zero-order chi connectivity index (χ0) is 16.8. The van der Waals surface area contributed by atoms with E-state index in [4.69, 9.17) is 21.7 Å². The van der Waals surface area contributed by atoms with E-state index in [2.05, 4.69) is 34.6 Å². The quantitative estimate of drug-likeness (QED) is 0.742. The van der Waals surface area contributed by atoms with Crippen LogP contribution in [0.5, 0.6) is 11.5 Å². The van der Waals surface area contributed by atoms with Crippen molar-refractivity contribution >= 4 is 17.3 Å². The number of hydrogen-bond donors (Lipinski definition) is 2. The molecule has 0 amide bonds. The minimum absolute atomic E-state index is 0.233. The number of fused-ring (bicyclic) bond motifs is 1. The molecule has 5 nitrogen and oxygen atoms in total. The highest BCUT2D eigenvalue weighted by molar-refractivity contribution is 7.80. The summed E-state index contributed by atoms with van der Waals surface area (Å²) in [6, 6.07) is 4.17. The van der Waals surface area contributed by atoms with Crippen molar-refractivity contribution in [1.82, 2.24) is 15.5 Å². The number of likely N-dealkylation sites (N-methyl/N-ethyl adjacent to an activating group) is 1. The predicted octanol–water partition coefficient (Wildman–Crippen LogP) is 1.93. The lowest BCUT2D eigenvalue weighted by Gasteiger charge is -2.16. The number of thiocarbonyl (C=S) groups is 1. The van der Waals surface area contributed by atoms with Gasteiger partial charge in [-0.1, -0.05) is 0 Å². The molecule has 1 aliphatic heterocycles. The normalized spacial score (nSPS) is 16.0. The lowest BCUT2D eigenvalue weighted by molar-refractivity contribution is 0.254. The highest BCUT2D eigenvalue weighted by Crippen LogP contribution is 2.35. The van der Waals surface area contributed by atoms with Crippen molar-refractivity contribution in [3.05, 3.63) is 23.3 Å². The predicted molar refractivity (Wildman–Crippen MR) is 97.4 cm³/mol. The van der Waals surface area contributed by atoms with Gasteiger partial charge < -0.3 is 25.0 Å². The van der Waals surface area contributed by atoms with Crippen molar-refractivity contribution in [3.63, 3.8) is 0 Å². The fourth-order valence-electron chi connectivity index (χ4n) is 2.54. The van der Waals surface area contributed by atoms with Crippen LogP contribution in [0.25, 0.3) is 0 Å². The van der Waals surface area contributed by atoms with Gasteiger partial charge in [-0.05, 0) is 52.3 Å². The molecule has 0 saturated carbocycles. The number of rotatable bonds is 7. The van der Waals surface area contributed by atoms with Crippen molar-refractivity contribution in [2.24, 2.45) is 0 Å². The van der Waals surface area contributed by atoms with Crippen LogP contribution in [0.15, 0.2) is 12.1 Å². The molecule has 0 spiro atoms. The molecular weight excluding hydrogens is 310 g/mol. The van der Waals surface area contributed by atoms with Gasteiger partial charge in [0, 0.05) is 37.2 Å². The maximum atomic E-state index is 5.84. The maximum Gasteiger partial charge on any atom is 0.166 e. The number of hydrogen-bond acceptors (Lipinski definition) is 4. The molecule has 1 aromatic rings. The summed E-state index contributed by atoms with van der Waals surface area (Å²) in [6.07, 6.45) is 1.17. The first-order valence-electron chi connectivity index (χ1n) is 8.11. The van der Waals surface area contributed by atoms with E-state index in [9.17, 15) is 0 Å². The average Bonchev–Trinajstić information content (AvgIpc) is 2.83. The Labute approximate surface area is 144 Å². The molecule has 0 radical (unpaired) electrons. The largest absolute Gasteiger partial charge is 0.494 e. The second-order valence-electron chi connectivity index (χ2n) is 6.05. The Morgan fingerprint density at radius 1 is 1.39 bits per heavy atom. The summed E-state index contributed by atoms with van der Waals surface area (Å²) in [5.41, 5.74) is 2.29. The first-order valence-corrected chi connectivity index (χ1v) is 8.52. The van der Waals surface area contributed by atoms with E-state index in [-0.39, 0.29) is 6.10 Å². The van der Waals surface area contributed by atoms with E-state index in [0.717, 1.165) is 36.6 Å². The fraction of sp³-hybridized carbons (Fsp3) is 0.588. The van der Waals surface area contributed by atoms with Gasteiger partial charge in [0.2, 0.25) is 0 Å². The third kappa shape index (κ3) is 5.25. The highest BCUT2D eigenvalue weighted by Gasteiger charge is 2.21. The molecule has 0 saturated heterocycles. The zero-order valence-corrected chi connectivity index (χ0v) is 15.3. The Balaban J connectivity index is 1.96. The standard InChI is InChI=1S/C17H27N3O2S/c1-5-21-15-9-13-8-12(2)22-16(13)10-14(15)11-19-17(23)18-6-7-20(3)4/h9-10,12H,5-8,11H2,1-4H3,(H2,18,19,23)/t12-/m1/s1. The van der Waals surface area contributed by atoms with Crippen LogP contribution in [0.4, 0.5) is 0 Å². The van der Waals surface area contributed by atoms with Crippen LogP contribution in [0.1, 0.15) is 25.0 Å². The van der Waals surface area contributed by atoms with Gasteiger partial charge in [0.1, 0.15) is 17.6 Å². The molecule has 6 heteroatoms. The van der Waals surface area contributed by atoms with Crippen LogP contribution >= 0.6 is 12.2 Å². The Morgan fingerprint density at radius 3 is 2.87 bits per heavy atom. The summed E-state index contributed by atoms with van der Waals surface area (Å²) < 4.78 is 11.6. The number of benzene rings is 1. The highest BCUT2D eigenvalue weighted by atomic mass is 32.1. The van der Waals surface area contributed by atoms with Gasteiger partial charge in [0.15, 0.2) is 5.11 Å². The molecule has 1 heterocycles. The second-order valence-corrected chi connectivity index (χ2v) is 6.45. The van der Waals surface area contributed by atoms with E-state index in [0.29, 0.717) is 18.3 Å². The summed E-state index contributed by atoms with van der Waals surface area (Å²) in [4.78, 5) is 2.11. The van der Waals surface area contributed by atoms with Crippen molar-refractivity contribution < 1.29 is 9.47 Å². The lowest BCUT2D eigenvalue weighted by Crippen LogP contribution is -2.38. The number of nitrogens with one attached hydrogen (secondary N) is 2. The molecule has 0 bridgehead atoms. The summed E-state index contributed by atoms with van der Waals surface area (Å²) in [7, 11) is 4.08. The molecule has 23 heavy (non-hydrogen) atoms. The first-order chi connectivity index (χ1) is 11.0. The molecule has 2 N–H and O–H groups in total. The van der Waals surface area contributed by atoms with Gasteiger partial charge in [-0.2, -0.15) is 0 Å². The van der Waals surface area contributed by atoms with E-state index >= 15 is 0 Å². The van der Waals surface area contributed by atoms with Gasteiger partial charge >= 0.3 is 0 Å². The van der Waals surface area contributed by atoms with Gasteiger partial charge in [-0.25, -0.2) is 0 Å². The van der Waals surface area contributed by atoms with Crippen molar-refractivity contribution in [3.8, 4) is 11.5 Å². The van der Waals surface area contributed by atoms with Crippen LogP contribution in [0.2, 0.25) is 0 Å². The van der Waals surface area contributed by atoms with Gasteiger partial charge in [-0.15, -0.1) is 0 Å². The molecule has 0 fully saturated rings. The maximum absolute atomic E-state index is 5.84.